The average Bonchev–Trinajstić information content (AvgIpc) is 2.29. The van der Waals surface area contributed by atoms with E-state index >= 15 is 0 Å². The zero-order valence-corrected chi connectivity index (χ0v) is 10.1. The zero-order valence-electron chi connectivity index (χ0n) is 10.1. The Kier molecular flexibility index (Phi) is 5.91. The highest BCUT2D eigenvalue weighted by molar-refractivity contribution is 5.42. The van der Waals surface area contributed by atoms with Gasteiger partial charge in [0.25, 0.3) is 0 Å². The van der Waals surface area contributed by atoms with Crippen molar-refractivity contribution >= 4 is 5.69 Å². The van der Waals surface area contributed by atoms with E-state index in [9.17, 15) is 4.39 Å². The van der Waals surface area contributed by atoms with Crippen LogP contribution >= 0.6 is 0 Å². The minimum absolute atomic E-state index is 0.226. The lowest BCUT2D eigenvalue weighted by Crippen LogP contribution is -1.96. The lowest BCUT2D eigenvalue weighted by Gasteiger charge is -2.05. The summed E-state index contributed by atoms with van der Waals surface area (Å²) in [6.45, 7) is 2.21. The maximum Gasteiger partial charge on any atom is 0.149 e. The van der Waals surface area contributed by atoms with Crippen LogP contribution in [0, 0.1) is 5.82 Å². The molecule has 0 aliphatic heterocycles. The summed E-state index contributed by atoms with van der Waals surface area (Å²) in [5, 5.41) is 0. The molecule has 0 aliphatic rings. The van der Waals surface area contributed by atoms with E-state index in [2.05, 4.69) is 6.92 Å². The van der Waals surface area contributed by atoms with Gasteiger partial charge in [-0.05, 0) is 24.5 Å². The average molecular weight is 223 g/mol. The lowest BCUT2D eigenvalue weighted by atomic mass is 10.0. The molecule has 0 saturated heterocycles. The number of nitrogens with two attached hydrogens (primary N) is 1. The van der Waals surface area contributed by atoms with Crippen LogP contribution in [0.3, 0.4) is 0 Å². The molecule has 0 atom stereocenters. The molecule has 0 heterocycles. The summed E-state index contributed by atoms with van der Waals surface area (Å²) in [5.74, 6) is -0.226. The molecule has 1 nitrogen and oxygen atoms in total. The Hall–Kier alpha value is -1.05. The van der Waals surface area contributed by atoms with E-state index in [0.29, 0.717) is 0 Å². The standard InChI is InChI=1S/C14H22FN/c1-2-3-4-5-6-7-9-12-10-8-11-13(16)14(12)15/h8,10-11H,2-7,9,16H2,1H3. The molecule has 0 bridgehead atoms. The van der Waals surface area contributed by atoms with Crippen LogP contribution in [0.2, 0.25) is 0 Å². The van der Waals surface area contributed by atoms with E-state index in [-0.39, 0.29) is 11.5 Å². The highest BCUT2D eigenvalue weighted by atomic mass is 19.1. The molecule has 0 spiro atoms. The van der Waals surface area contributed by atoms with Crippen LogP contribution in [0.4, 0.5) is 10.1 Å². The number of rotatable bonds is 7. The monoisotopic (exact) mass is 223 g/mol. The van der Waals surface area contributed by atoms with E-state index in [1.165, 1.54) is 32.1 Å². The fourth-order valence-electron chi connectivity index (χ4n) is 1.89. The van der Waals surface area contributed by atoms with E-state index in [4.69, 9.17) is 5.73 Å². The number of hydrogen-bond donors (Lipinski definition) is 1. The van der Waals surface area contributed by atoms with Gasteiger partial charge in [0.1, 0.15) is 5.82 Å². The number of aryl methyl sites for hydroxylation is 1. The van der Waals surface area contributed by atoms with E-state index in [1.807, 2.05) is 12.1 Å². The molecular formula is C14H22FN. The molecule has 1 aromatic rings. The second kappa shape index (κ2) is 7.26. The van der Waals surface area contributed by atoms with Crippen molar-refractivity contribution in [3.63, 3.8) is 0 Å². The number of hydrogen-bond acceptors (Lipinski definition) is 1. The number of benzene rings is 1. The largest absolute Gasteiger partial charge is 0.396 e. The van der Waals surface area contributed by atoms with Gasteiger partial charge < -0.3 is 5.73 Å². The van der Waals surface area contributed by atoms with Gasteiger partial charge in [-0.25, -0.2) is 4.39 Å². The first-order chi connectivity index (χ1) is 7.75. The third kappa shape index (κ3) is 4.21. The van der Waals surface area contributed by atoms with Crippen LogP contribution in [0.5, 0.6) is 0 Å². The molecule has 0 aliphatic carbocycles. The molecule has 16 heavy (non-hydrogen) atoms. The molecule has 2 heteroatoms. The number of halogens is 1. The van der Waals surface area contributed by atoms with Crippen LogP contribution in [0.1, 0.15) is 51.0 Å². The second-order valence-electron chi connectivity index (χ2n) is 4.34. The first kappa shape index (κ1) is 13.0. The van der Waals surface area contributed by atoms with Gasteiger partial charge in [-0.3, -0.25) is 0 Å². The Morgan fingerprint density at radius 1 is 1.06 bits per heavy atom. The Bertz CT molecular complexity index is 310. The van der Waals surface area contributed by atoms with Gasteiger partial charge in [0.2, 0.25) is 0 Å². The van der Waals surface area contributed by atoms with Crippen molar-refractivity contribution in [2.24, 2.45) is 0 Å². The van der Waals surface area contributed by atoms with Crippen LogP contribution in [0.25, 0.3) is 0 Å². The SMILES string of the molecule is CCCCCCCCc1cccc(N)c1F. The summed E-state index contributed by atoms with van der Waals surface area (Å²) >= 11 is 0. The molecule has 0 radical (unpaired) electrons. The second-order valence-corrected chi connectivity index (χ2v) is 4.34. The minimum Gasteiger partial charge on any atom is -0.396 e. The Labute approximate surface area is 97.9 Å². The van der Waals surface area contributed by atoms with Gasteiger partial charge in [-0.15, -0.1) is 0 Å². The van der Waals surface area contributed by atoms with Gasteiger partial charge in [-0.1, -0.05) is 51.2 Å². The normalized spacial score (nSPS) is 10.6. The lowest BCUT2D eigenvalue weighted by molar-refractivity contribution is 0.583. The summed E-state index contributed by atoms with van der Waals surface area (Å²) in [6, 6.07) is 5.27. The van der Waals surface area contributed by atoms with Gasteiger partial charge in [0, 0.05) is 0 Å². The van der Waals surface area contributed by atoms with Crippen molar-refractivity contribution in [3.05, 3.63) is 29.6 Å². The third-order valence-corrected chi connectivity index (χ3v) is 2.91. The molecular weight excluding hydrogens is 201 g/mol. The Balaban J connectivity index is 2.24. The fourth-order valence-corrected chi connectivity index (χ4v) is 1.89. The fraction of sp³-hybridized carbons (Fsp3) is 0.571. The molecule has 0 aromatic heterocycles. The molecule has 0 saturated carbocycles. The summed E-state index contributed by atoms with van der Waals surface area (Å²) in [7, 11) is 0. The van der Waals surface area contributed by atoms with E-state index in [0.717, 1.165) is 18.4 Å². The third-order valence-electron chi connectivity index (χ3n) is 2.91. The molecule has 1 rings (SSSR count). The maximum atomic E-state index is 13.5. The number of unbranched alkanes of at least 4 members (excludes halogenated alkanes) is 5. The first-order valence-corrected chi connectivity index (χ1v) is 6.28. The van der Waals surface area contributed by atoms with Crippen molar-refractivity contribution in [2.75, 3.05) is 5.73 Å². The van der Waals surface area contributed by atoms with E-state index in [1.54, 1.807) is 6.07 Å². The quantitative estimate of drug-likeness (QED) is 0.541. The topological polar surface area (TPSA) is 26.0 Å². The van der Waals surface area contributed by atoms with Crippen molar-refractivity contribution in [1.29, 1.82) is 0 Å². The molecule has 0 amide bonds. The van der Waals surface area contributed by atoms with Crippen molar-refractivity contribution in [3.8, 4) is 0 Å². The van der Waals surface area contributed by atoms with Gasteiger partial charge >= 0.3 is 0 Å². The van der Waals surface area contributed by atoms with Gasteiger partial charge in [0.05, 0.1) is 5.69 Å². The van der Waals surface area contributed by atoms with Crippen molar-refractivity contribution < 1.29 is 4.39 Å². The summed E-state index contributed by atoms with van der Waals surface area (Å²) in [5.41, 5.74) is 6.54. The minimum atomic E-state index is -0.226. The molecule has 1 aromatic carbocycles. The predicted octanol–water partition coefficient (Wildman–Crippen LogP) is 4.31. The Morgan fingerprint density at radius 3 is 2.50 bits per heavy atom. The highest BCUT2D eigenvalue weighted by Gasteiger charge is 2.04. The molecule has 2 N–H and O–H groups in total. The summed E-state index contributed by atoms with van der Waals surface area (Å²) in [6.07, 6.45) is 8.20. The van der Waals surface area contributed by atoms with Crippen molar-refractivity contribution in [1.82, 2.24) is 0 Å². The van der Waals surface area contributed by atoms with E-state index < -0.39 is 0 Å². The highest BCUT2D eigenvalue weighted by Crippen LogP contribution is 2.17. The smallest absolute Gasteiger partial charge is 0.149 e. The van der Waals surface area contributed by atoms with Gasteiger partial charge in [-0.2, -0.15) is 0 Å². The first-order valence-electron chi connectivity index (χ1n) is 6.28. The Morgan fingerprint density at radius 2 is 1.75 bits per heavy atom. The van der Waals surface area contributed by atoms with Gasteiger partial charge in [0.15, 0.2) is 0 Å². The summed E-state index contributed by atoms with van der Waals surface area (Å²) < 4.78 is 13.5. The predicted molar refractivity (Wildman–Crippen MR) is 67.9 cm³/mol. The van der Waals surface area contributed by atoms with Crippen LogP contribution < -0.4 is 5.73 Å². The maximum absolute atomic E-state index is 13.5. The zero-order chi connectivity index (χ0) is 11.8. The van der Waals surface area contributed by atoms with Crippen LogP contribution in [0.15, 0.2) is 18.2 Å². The number of anilines is 1. The van der Waals surface area contributed by atoms with Crippen LogP contribution in [-0.2, 0) is 6.42 Å². The summed E-state index contributed by atoms with van der Waals surface area (Å²) in [4.78, 5) is 0. The number of nitrogen functional groups attached to an aromatic ring is 1. The van der Waals surface area contributed by atoms with Crippen molar-refractivity contribution in [2.45, 2.75) is 51.9 Å². The van der Waals surface area contributed by atoms with Crippen LogP contribution in [-0.4, -0.2) is 0 Å². The molecule has 90 valence electrons. The molecule has 0 unspecified atom stereocenters. The molecule has 0 fully saturated rings.